The van der Waals surface area contributed by atoms with Crippen LogP contribution < -0.4 is 0 Å². The monoisotopic (exact) mass is 306 g/mol. The fraction of sp³-hybridized carbons (Fsp3) is 0.0667. The zero-order chi connectivity index (χ0) is 15.9. The van der Waals surface area contributed by atoms with Crippen molar-refractivity contribution in [2.75, 3.05) is 0 Å². The van der Waals surface area contributed by atoms with E-state index >= 15 is 0 Å². The molecule has 0 saturated carbocycles. The van der Waals surface area contributed by atoms with E-state index in [9.17, 15) is 18.0 Å². The van der Waals surface area contributed by atoms with Gasteiger partial charge in [-0.15, -0.1) is 0 Å². The van der Waals surface area contributed by atoms with Gasteiger partial charge in [-0.05, 0) is 24.3 Å². The fourth-order valence-corrected chi connectivity index (χ4v) is 2.22. The first-order valence-corrected chi connectivity index (χ1v) is 6.25. The number of hydrogen-bond acceptors (Lipinski definition) is 2. The van der Waals surface area contributed by atoms with Gasteiger partial charge in [-0.25, -0.2) is 9.78 Å². The zero-order valence-electron chi connectivity index (χ0n) is 11.0. The molecule has 1 N–H and O–H groups in total. The molecule has 7 heteroatoms. The summed E-state index contributed by atoms with van der Waals surface area (Å²) < 4.78 is 39.3. The number of carboxylic acid groups (broad SMARTS) is 1. The molecule has 0 bridgehead atoms. The molecule has 0 atom stereocenters. The Hall–Kier alpha value is -2.83. The van der Waals surface area contributed by atoms with Gasteiger partial charge >= 0.3 is 12.1 Å². The summed E-state index contributed by atoms with van der Waals surface area (Å²) in [5.41, 5.74) is 0.566. The number of aromatic carboxylic acids is 1. The van der Waals surface area contributed by atoms with Crippen molar-refractivity contribution in [1.29, 1.82) is 0 Å². The van der Waals surface area contributed by atoms with Crippen LogP contribution >= 0.6 is 0 Å². The Labute approximate surface area is 122 Å². The van der Waals surface area contributed by atoms with E-state index in [-0.39, 0.29) is 11.2 Å². The van der Waals surface area contributed by atoms with Crippen LogP contribution in [0.1, 0.15) is 15.9 Å². The number of pyridine rings is 1. The minimum absolute atomic E-state index is 0.0284. The van der Waals surface area contributed by atoms with Crippen molar-refractivity contribution in [3.05, 3.63) is 59.9 Å². The zero-order valence-corrected chi connectivity index (χ0v) is 11.0. The molecule has 1 aromatic carbocycles. The molecule has 0 aliphatic carbocycles. The van der Waals surface area contributed by atoms with Gasteiger partial charge in [0, 0.05) is 11.8 Å². The van der Waals surface area contributed by atoms with Crippen molar-refractivity contribution in [1.82, 2.24) is 9.38 Å². The van der Waals surface area contributed by atoms with E-state index in [0.29, 0.717) is 11.3 Å². The second kappa shape index (κ2) is 4.87. The number of carbonyl (C=O) groups is 1. The second-order valence-electron chi connectivity index (χ2n) is 4.64. The van der Waals surface area contributed by atoms with E-state index < -0.39 is 17.7 Å². The van der Waals surface area contributed by atoms with Gasteiger partial charge < -0.3 is 5.11 Å². The molecule has 0 radical (unpaired) electrons. The topological polar surface area (TPSA) is 54.6 Å². The third-order valence-corrected chi connectivity index (χ3v) is 3.27. The highest BCUT2D eigenvalue weighted by molar-refractivity contribution is 5.94. The van der Waals surface area contributed by atoms with E-state index in [1.165, 1.54) is 28.8 Å². The predicted molar refractivity (Wildman–Crippen MR) is 72.6 cm³/mol. The Morgan fingerprint density at radius 3 is 2.41 bits per heavy atom. The number of carboxylic acids is 1. The first-order chi connectivity index (χ1) is 10.4. The summed E-state index contributed by atoms with van der Waals surface area (Å²) >= 11 is 0. The first-order valence-electron chi connectivity index (χ1n) is 6.25. The van der Waals surface area contributed by atoms with Crippen molar-refractivity contribution in [2.24, 2.45) is 0 Å². The molecule has 3 aromatic rings. The number of halogens is 3. The third-order valence-electron chi connectivity index (χ3n) is 3.27. The summed E-state index contributed by atoms with van der Waals surface area (Å²) in [5.74, 6) is -1.12. The molecule has 112 valence electrons. The average Bonchev–Trinajstić information content (AvgIpc) is 2.90. The van der Waals surface area contributed by atoms with Crippen LogP contribution in [-0.4, -0.2) is 20.5 Å². The molecule has 0 fully saturated rings. The number of alkyl halides is 3. The van der Waals surface area contributed by atoms with Crippen molar-refractivity contribution in [3.8, 4) is 11.3 Å². The second-order valence-corrected chi connectivity index (χ2v) is 4.64. The van der Waals surface area contributed by atoms with Crippen LogP contribution in [0, 0.1) is 0 Å². The van der Waals surface area contributed by atoms with Crippen LogP contribution in [0.4, 0.5) is 13.2 Å². The summed E-state index contributed by atoms with van der Waals surface area (Å²) in [5, 5.41) is 9.11. The average molecular weight is 306 g/mol. The molecule has 3 rings (SSSR count). The third kappa shape index (κ3) is 2.30. The summed E-state index contributed by atoms with van der Waals surface area (Å²) in [6.07, 6.45) is -1.35. The predicted octanol–water partition coefficient (Wildman–Crippen LogP) is 3.72. The van der Waals surface area contributed by atoms with Gasteiger partial charge in [0.15, 0.2) is 5.65 Å². The van der Waals surface area contributed by atoms with Gasteiger partial charge in [-0.1, -0.05) is 12.1 Å². The summed E-state index contributed by atoms with van der Waals surface area (Å²) in [6, 6.07) is 7.60. The van der Waals surface area contributed by atoms with Gasteiger partial charge in [0.2, 0.25) is 0 Å². The Morgan fingerprint density at radius 1 is 1.14 bits per heavy atom. The highest BCUT2D eigenvalue weighted by Gasteiger charge is 2.30. The Morgan fingerprint density at radius 2 is 1.82 bits per heavy atom. The van der Waals surface area contributed by atoms with Crippen molar-refractivity contribution in [2.45, 2.75) is 6.18 Å². The Bertz CT molecular complexity index is 851. The van der Waals surface area contributed by atoms with Crippen LogP contribution in [0.5, 0.6) is 0 Å². The van der Waals surface area contributed by atoms with Crippen molar-refractivity contribution < 1.29 is 23.1 Å². The van der Waals surface area contributed by atoms with Crippen LogP contribution in [0.25, 0.3) is 16.9 Å². The number of fused-ring (bicyclic) bond motifs is 1. The normalized spacial score (nSPS) is 11.8. The van der Waals surface area contributed by atoms with E-state index in [1.807, 2.05) is 0 Å². The lowest BCUT2D eigenvalue weighted by molar-refractivity contribution is -0.137. The van der Waals surface area contributed by atoms with Crippen LogP contribution in [0.3, 0.4) is 0 Å². The number of aromatic nitrogens is 2. The van der Waals surface area contributed by atoms with Crippen molar-refractivity contribution >= 4 is 11.6 Å². The summed E-state index contributed by atoms with van der Waals surface area (Å²) in [7, 11) is 0. The van der Waals surface area contributed by atoms with Gasteiger partial charge in [-0.3, -0.25) is 4.40 Å². The largest absolute Gasteiger partial charge is 0.478 e. The molecule has 0 aliphatic heterocycles. The number of hydrogen-bond donors (Lipinski definition) is 1. The smallest absolute Gasteiger partial charge is 0.416 e. The molecule has 4 nitrogen and oxygen atoms in total. The molecule has 22 heavy (non-hydrogen) atoms. The highest BCUT2D eigenvalue weighted by atomic mass is 19.4. The lowest BCUT2D eigenvalue weighted by Gasteiger charge is -2.08. The minimum atomic E-state index is -4.39. The van der Waals surface area contributed by atoms with E-state index in [1.54, 1.807) is 12.3 Å². The molecule has 0 saturated heterocycles. The maximum Gasteiger partial charge on any atom is 0.416 e. The maximum atomic E-state index is 12.6. The standard InChI is InChI=1S/C15H9F3N2O2/c16-15(17,18)10-5-3-9(4-6-10)12-8-19-13-11(14(21)22)2-1-7-20(12)13/h1-8H,(H,21,22). The molecule has 2 aromatic heterocycles. The number of imidazole rings is 1. The van der Waals surface area contributed by atoms with Crippen LogP contribution in [0.15, 0.2) is 48.8 Å². The SMILES string of the molecule is O=C(O)c1cccn2c(-c3ccc(C(F)(F)F)cc3)cnc12. The van der Waals surface area contributed by atoms with Gasteiger partial charge in [0.1, 0.15) is 5.56 Å². The molecular formula is C15H9F3N2O2. The Kier molecular flexibility index (Phi) is 3.13. The summed E-state index contributed by atoms with van der Waals surface area (Å²) in [4.78, 5) is 15.2. The molecule has 0 unspecified atom stereocenters. The lowest BCUT2D eigenvalue weighted by atomic mass is 10.1. The van der Waals surface area contributed by atoms with E-state index in [2.05, 4.69) is 4.98 Å². The quantitative estimate of drug-likeness (QED) is 0.785. The number of rotatable bonds is 2. The number of benzene rings is 1. The molecule has 0 amide bonds. The van der Waals surface area contributed by atoms with Gasteiger partial charge in [-0.2, -0.15) is 13.2 Å². The molecular weight excluding hydrogens is 297 g/mol. The number of nitrogens with zero attached hydrogens (tertiary/aromatic N) is 2. The molecule has 0 spiro atoms. The van der Waals surface area contributed by atoms with Crippen LogP contribution in [-0.2, 0) is 6.18 Å². The highest BCUT2D eigenvalue weighted by Crippen LogP contribution is 2.31. The van der Waals surface area contributed by atoms with Crippen LogP contribution in [0.2, 0.25) is 0 Å². The van der Waals surface area contributed by atoms with Gasteiger partial charge in [0.05, 0.1) is 17.5 Å². The maximum absolute atomic E-state index is 12.6. The van der Waals surface area contributed by atoms with Crippen molar-refractivity contribution in [3.63, 3.8) is 0 Å². The first kappa shape index (κ1) is 14.1. The minimum Gasteiger partial charge on any atom is -0.478 e. The Balaban J connectivity index is 2.11. The van der Waals surface area contributed by atoms with E-state index in [4.69, 9.17) is 5.11 Å². The molecule has 2 heterocycles. The molecule has 0 aliphatic rings. The lowest BCUT2D eigenvalue weighted by Crippen LogP contribution is -2.04. The summed E-state index contributed by atoms with van der Waals surface area (Å²) in [6.45, 7) is 0. The van der Waals surface area contributed by atoms with Gasteiger partial charge in [0.25, 0.3) is 0 Å². The van der Waals surface area contributed by atoms with E-state index in [0.717, 1.165) is 12.1 Å². The fourth-order valence-electron chi connectivity index (χ4n) is 2.22.